The van der Waals surface area contributed by atoms with Gasteiger partial charge in [-0.15, -0.1) is 0 Å². The van der Waals surface area contributed by atoms with Gasteiger partial charge in [-0.3, -0.25) is 0 Å². The van der Waals surface area contributed by atoms with Crippen LogP contribution in [0.15, 0.2) is 60.7 Å². The van der Waals surface area contributed by atoms with E-state index in [2.05, 4.69) is 48.5 Å². The lowest BCUT2D eigenvalue weighted by Gasteiger charge is -2.19. The summed E-state index contributed by atoms with van der Waals surface area (Å²) in [6.45, 7) is 0. The molecule has 0 aliphatic heterocycles. The maximum atomic E-state index is 5.67. The first-order chi connectivity index (χ1) is 8.77. The van der Waals surface area contributed by atoms with E-state index in [4.69, 9.17) is 11.5 Å². The molecule has 18 heavy (non-hydrogen) atoms. The first kappa shape index (κ1) is 12.8. The molecule has 0 unspecified atom stereocenters. The molecule has 0 fully saturated rings. The van der Waals surface area contributed by atoms with Gasteiger partial charge in [0.05, 0.1) is 6.17 Å². The molecule has 0 aliphatic carbocycles. The van der Waals surface area contributed by atoms with Gasteiger partial charge in [-0.1, -0.05) is 60.7 Å². The van der Waals surface area contributed by atoms with Crippen LogP contribution in [-0.2, 0) is 0 Å². The van der Waals surface area contributed by atoms with E-state index in [0.29, 0.717) is 5.92 Å². The molecule has 4 N–H and O–H groups in total. The third-order valence-corrected chi connectivity index (χ3v) is 3.19. The van der Waals surface area contributed by atoms with Crippen molar-refractivity contribution >= 4 is 0 Å². The Morgan fingerprint density at radius 2 is 1.11 bits per heavy atom. The fourth-order valence-electron chi connectivity index (χ4n) is 2.26. The van der Waals surface area contributed by atoms with E-state index < -0.39 is 0 Å². The first-order valence-electron chi connectivity index (χ1n) is 6.38. The normalized spacial score (nSPS) is 11.1. The average Bonchev–Trinajstić information content (AvgIpc) is 2.41. The van der Waals surface area contributed by atoms with E-state index in [1.54, 1.807) is 0 Å². The summed E-state index contributed by atoms with van der Waals surface area (Å²) in [4.78, 5) is 0. The van der Waals surface area contributed by atoms with Crippen molar-refractivity contribution in [3.63, 3.8) is 0 Å². The van der Waals surface area contributed by atoms with Crippen molar-refractivity contribution in [2.45, 2.75) is 24.9 Å². The minimum Gasteiger partial charge on any atom is -0.316 e. The fourth-order valence-corrected chi connectivity index (χ4v) is 2.26. The fraction of sp³-hybridized carbons (Fsp3) is 0.250. The largest absolute Gasteiger partial charge is 0.316 e. The molecule has 0 saturated heterocycles. The van der Waals surface area contributed by atoms with Gasteiger partial charge in [0, 0.05) is 5.92 Å². The van der Waals surface area contributed by atoms with Crippen LogP contribution in [-0.4, -0.2) is 6.17 Å². The number of hydrogen-bond acceptors (Lipinski definition) is 2. The van der Waals surface area contributed by atoms with Crippen molar-refractivity contribution in [2.24, 2.45) is 11.5 Å². The Labute approximate surface area is 109 Å². The van der Waals surface area contributed by atoms with E-state index in [-0.39, 0.29) is 6.17 Å². The third kappa shape index (κ3) is 3.42. The average molecular weight is 240 g/mol. The molecule has 2 nitrogen and oxygen atoms in total. The molecule has 0 aliphatic rings. The molecule has 2 aromatic carbocycles. The van der Waals surface area contributed by atoms with Gasteiger partial charge in [0.2, 0.25) is 0 Å². The molecule has 2 rings (SSSR count). The summed E-state index contributed by atoms with van der Waals surface area (Å²) >= 11 is 0. The van der Waals surface area contributed by atoms with Gasteiger partial charge in [-0.05, 0) is 24.0 Å². The van der Waals surface area contributed by atoms with E-state index in [0.717, 1.165) is 12.8 Å². The molecule has 2 aromatic rings. The molecule has 0 spiro atoms. The van der Waals surface area contributed by atoms with Crippen LogP contribution < -0.4 is 11.5 Å². The van der Waals surface area contributed by atoms with Crippen molar-refractivity contribution in [1.29, 1.82) is 0 Å². The lowest BCUT2D eigenvalue weighted by molar-refractivity contribution is 0.569. The molecule has 0 heterocycles. The van der Waals surface area contributed by atoms with Crippen LogP contribution in [0.5, 0.6) is 0 Å². The lowest BCUT2D eigenvalue weighted by atomic mass is 9.87. The van der Waals surface area contributed by atoms with Crippen molar-refractivity contribution in [2.75, 3.05) is 0 Å². The Morgan fingerprint density at radius 3 is 1.50 bits per heavy atom. The highest BCUT2D eigenvalue weighted by atomic mass is 14.8. The predicted octanol–water partition coefficient (Wildman–Crippen LogP) is 2.84. The second-order valence-electron chi connectivity index (χ2n) is 4.62. The van der Waals surface area contributed by atoms with E-state index in [1.165, 1.54) is 11.1 Å². The number of nitrogens with two attached hydrogens (primary N) is 2. The zero-order chi connectivity index (χ0) is 12.8. The summed E-state index contributed by atoms with van der Waals surface area (Å²) in [5, 5.41) is 0. The maximum Gasteiger partial charge on any atom is 0.0521 e. The Morgan fingerprint density at radius 1 is 0.667 bits per heavy atom. The van der Waals surface area contributed by atoms with Crippen LogP contribution in [0.4, 0.5) is 0 Å². The molecule has 0 bridgehead atoms. The highest BCUT2D eigenvalue weighted by molar-refractivity contribution is 5.32. The maximum absolute atomic E-state index is 5.67. The summed E-state index contributed by atoms with van der Waals surface area (Å²) in [5.41, 5.74) is 14.0. The highest BCUT2D eigenvalue weighted by Gasteiger charge is 2.14. The van der Waals surface area contributed by atoms with E-state index in [9.17, 15) is 0 Å². The second kappa shape index (κ2) is 6.34. The summed E-state index contributed by atoms with van der Waals surface area (Å²) in [7, 11) is 0. The first-order valence-corrected chi connectivity index (χ1v) is 6.38. The second-order valence-corrected chi connectivity index (χ2v) is 4.62. The summed E-state index contributed by atoms with van der Waals surface area (Å²) in [6.07, 6.45) is 1.57. The van der Waals surface area contributed by atoms with E-state index >= 15 is 0 Å². The smallest absolute Gasteiger partial charge is 0.0521 e. The van der Waals surface area contributed by atoms with Crippen LogP contribution in [0.1, 0.15) is 29.9 Å². The third-order valence-electron chi connectivity index (χ3n) is 3.19. The van der Waals surface area contributed by atoms with Gasteiger partial charge in [0.1, 0.15) is 0 Å². The van der Waals surface area contributed by atoms with Crippen LogP contribution in [0, 0.1) is 0 Å². The van der Waals surface area contributed by atoms with E-state index in [1.807, 2.05) is 12.1 Å². The number of rotatable bonds is 5. The minimum atomic E-state index is -0.236. The molecule has 0 radical (unpaired) electrons. The lowest BCUT2D eigenvalue weighted by Crippen LogP contribution is -2.30. The molecule has 0 atom stereocenters. The summed E-state index contributed by atoms with van der Waals surface area (Å²) < 4.78 is 0. The van der Waals surface area contributed by atoms with Gasteiger partial charge in [-0.2, -0.15) is 0 Å². The quantitative estimate of drug-likeness (QED) is 0.790. The van der Waals surface area contributed by atoms with Crippen molar-refractivity contribution in [1.82, 2.24) is 0 Å². The van der Waals surface area contributed by atoms with Gasteiger partial charge < -0.3 is 11.5 Å². The Bertz CT molecular complexity index is 412. The SMILES string of the molecule is NC(N)CCC(c1ccccc1)c1ccccc1. The highest BCUT2D eigenvalue weighted by Crippen LogP contribution is 2.28. The molecular weight excluding hydrogens is 220 g/mol. The van der Waals surface area contributed by atoms with Gasteiger partial charge in [0.25, 0.3) is 0 Å². The molecular formula is C16H20N2. The van der Waals surface area contributed by atoms with Gasteiger partial charge in [0.15, 0.2) is 0 Å². The Kier molecular flexibility index (Phi) is 4.51. The zero-order valence-electron chi connectivity index (χ0n) is 10.5. The zero-order valence-corrected chi connectivity index (χ0v) is 10.5. The molecule has 94 valence electrons. The molecule has 0 aromatic heterocycles. The summed E-state index contributed by atoms with van der Waals surface area (Å²) in [5.74, 6) is 0.377. The standard InChI is InChI=1S/C16H20N2/c17-16(18)12-11-15(13-7-3-1-4-8-13)14-9-5-2-6-10-14/h1-10,15-16H,11-12,17-18H2. The minimum absolute atomic E-state index is 0.236. The Balaban J connectivity index is 2.24. The van der Waals surface area contributed by atoms with Crippen LogP contribution >= 0.6 is 0 Å². The molecule has 0 amide bonds. The summed E-state index contributed by atoms with van der Waals surface area (Å²) in [6, 6.07) is 21.1. The van der Waals surface area contributed by atoms with Gasteiger partial charge in [-0.25, -0.2) is 0 Å². The van der Waals surface area contributed by atoms with Crippen LogP contribution in [0.3, 0.4) is 0 Å². The van der Waals surface area contributed by atoms with Gasteiger partial charge >= 0.3 is 0 Å². The monoisotopic (exact) mass is 240 g/mol. The molecule has 2 heteroatoms. The van der Waals surface area contributed by atoms with Crippen molar-refractivity contribution in [3.05, 3.63) is 71.8 Å². The predicted molar refractivity (Wildman–Crippen MR) is 76.1 cm³/mol. The van der Waals surface area contributed by atoms with Crippen LogP contribution in [0.25, 0.3) is 0 Å². The van der Waals surface area contributed by atoms with Crippen molar-refractivity contribution < 1.29 is 0 Å². The van der Waals surface area contributed by atoms with Crippen LogP contribution in [0.2, 0.25) is 0 Å². The number of benzene rings is 2. The Hall–Kier alpha value is -1.64. The number of hydrogen-bond donors (Lipinski definition) is 2. The molecule has 0 saturated carbocycles. The topological polar surface area (TPSA) is 52.0 Å². The van der Waals surface area contributed by atoms with Crippen molar-refractivity contribution in [3.8, 4) is 0 Å².